The normalized spacial score (nSPS) is 9.46. The summed E-state index contributed by atoms with van der Waals surface area (Å²) < 4.78 is 1.99. The van der Waals surface area contributed by atoms with Gasteiger partial charge >= 0.3 is 88.4 Å². The molecule has 3 nitrogen and oxygen atoms in total. The van der Waals surface area contributed by atoms with Crippen molar-refractivity contribution in [1.82, 2.24) is 0 Å². The predicted molar refractivity (Wildman–Crippen MR) is 50.7 cm³/mol. The molecule has 0 spiro atoms. The molecule has 0 aliphatic heterocycles. The Balaban J connectivity index is 2.97. The Labute approximate surface area is 88.6 Å². The van der Waals surface area contributed by atoms with Gasteiger partial charge in [-0.15, -0.1) is 0 Å². The third-order valence-corrected chi connectivity index (χ3v) is 2.87. The Hall–Kier alpha value is -0.437. The Morgan fingerprint density at radius 1 is 1.46 bits per heavy atom. The molecule has 0 radical (unpaired) electrons. The number of anilines is 1. The molecule has 0 amide bonds. The Kier molecular flexibility index (Phi) is 3.85. The average Bonchev–Trinajstić information content (AvgIpc) is 2.17. The quantitative estimate of drug-likeness (QED) is 0.698. The van der Waals surface area contributed by atoms with Crippen molar-refractivity contribution in [3.8, 4) is 0 Å². The van der Waals surface area contributed by atoms with E-state index in [2.05, 4.69) is 0 Å². The standard InChI is InChI=1S/C8H10BNO2.W/c1-10(2)8-5-3-4-7(6-8)9(11)12;/h1,3-6,11-12H,2H3;. The van der Waals surface area contributed by atoms with E-state index < -0.39 is 7.12 Å². The molecular formula is C8H10BNO2W. The van der Waals surface area contributed by atoms with E-state index in [9.17, 15) is 0 Å². The third-order valence-electron chi connectivity index (χ3n) is 1.73. The van der Waals surface area contributed by atoms with Gasteiger partial charge < -0.3 is 0 Å². The second-order valence-corrected chi connectivity index (χ2v) is 3.44. The molecule has 68 valence electrons. The molecule has 0 bridgehead atoms. The summed E-state index contributed by atoms with van der Waals surface area (Å²) >= 11 is 1.35. The summed E-state index contributed by atoms with van der Waals surface area (Å²) in [6, 6.07) is 7.17. The van der Waals surface area contributed by atoms with Crippen LogP contribution in [-0.4, -0.2) is 28.7 Å². The Morgan fingerprint density at radius 3 is 2.69 bits per heavy atom. The minimum absolute atomic E-state index is 0.515. The SMILES string of the molecule is CN([CH]=[W])c1cccc(B(O)O)c1. The maximum absolute atomic E-state index is 8.93. The van der Waals surface area contributed by atoms with Crippen LogP contribution in [0.3, 0.4) is 0 Å². The van der Waals surface area contributed by atoms with Crippen LogP contribution in [0.1, 0.15) is 0 Å². The van der Waals surface area contributed by atoms with Gasteiger partial charge in [-0.2, -0.15) is 0 Å². The van der Waals surface area contributed by atoms with Gasteiger partial charge in [0.25, 0.3) is 0 Å². The summed E-state index contributed by atoms with van der Waals surface area (Å²) in [4.78, 5) is 1.95. The van der Waals surface area contributed by atoms with Gasteiger partial charge in [-0.05, 0) is 0 Å². The van der Waals surface area contributed by atoms with E-state index in [0.717, 1.165) is 5.69 Å². The topological polar surface area (TPSA) is 43.7 Å². The zero-order valence-electron chi connectivity index (χ0n) is 7.21. The molecule has 0 unspecified atom stereocenters. The molecule has 0 fully saturated rings. The van der Waals surface area contributed by atoms with Crippen LogP contribution in [-0.2, 0) is 19.4 Å². The van der Waals surface area contributed by atoms with Crippen LogP contribution < -0.4 is 10.4 Å². The van der Waals surface area contributed by atoms with Gasteiger partial charge in [0.2, 0.25) is 0 Å². The van der Waals surface area contributed by atoms with Crippen molar-refractivity contribution in [2.45, 2.75) is 0 Å². The van der Waals surface area contributed by atoms with Crippen molar-refractivity contribution in [3.63, 3.8) is 0 Å². The zero-order chi connectivity index (χ0) is 9.84. The van der Waals surface area contributed by atoms with Crippen molar-refractivity contribution in [2.75, 3.05) is 11.9 Å². The average molecular weight is 347 g/mol. The first-order valence-electron chi connectivity index (χ1n) is 3.79. The molecule has 0 aliphatic rings. The van der Waals surface area contributed by atoms with Crippen LogP contribution in [0, 0.1) is 0 Å². The summed E-state index contributed by atoms with van der Waals surface area (Å²) in [6.07, 6.45) is 0. The summed E-state index contributed by atoms with van der Waals surface area (Å²) in [7, 11) is 0.535. The fourth-order valence-corrected chi connectivity index (χ4v) is 1.40. The zero-order valence-corrected chi connectivity index (χ0v) is 10.1. The van der Waals surface area contributed by atoms with E-state index in [0.29, 0.717) is 5.46 Å². The third kappa shape index (κ3) is 2.76. The predicted octanol–water partition coefficient (Wildman–Crippen LogP) is -0.891. The molecule has 13 heavy (non-hydrogen) atoms. The molecule has 1 aromatic rings. The van der Waals surface area contributed by atoms with Gasteiger partial charge in [-0.3, -0.25) is 0 Å². The van der Waals surface area contributed by atoms with E-state index in [1.54, 1.807) is 18.2 Å². The van der Waals surface area contributed by atoms with Crippen LogP contribution in [0.2, 0.25) is 0 Å². The Morgan fingerprint density at radius 2 is 2.15 bits per heavy atom. The van der Waals surface area contributed by atoms with Crippen molar-refractivity contribution in [1.29, 1.82) is 0 Å². The second kappa shape index (κ2) is 4.70. The summed E-state index contributed by atoms with van der Waals surface area (Å²) in [5, 5.41) is 17.9. The van der Waals surface area contributed by atoms with Gasteiger partial charge in [-0.1, -0.05) is 0 Å². The molecule has 5 heteroatoms. The number of hydrogen-bond donors (Lipinski definition) is 2. The molecule has 1 rings (SSSR count). The van der Waals surface area contributed by atoms with Crippen LogP contribution in [0.4, 0.5) is 5.69 Å². The fraction of sp³-hybridized carbons (Fsp3) is 0.125. The van der Waals surface area contributed by atoms with Crippen molar-refractivity contribution in [3.05, 3.63) is 24.3 Å². The number of hydrogen-bond acceptors (Lipinski definition) is 3. The van der Waals surface area contributed by atoms with Crippen LogP contribution >= 0.6 is 0 Å². The van der Waals surface area contributed by atoms with Gasteiger partial charge in [0.15, 0.2) is 0 Å². The van der Waals surface area contributed by atoms with Crippen LogP contribution in [0.5, 0.6) is 0 Å². The second-order valence-electron chi connectivity index (χ2n) is 2.68. The van der Waals surface area contributed by atoms with Gasteiger partial charge in [0, 0.05) is 0 Å². The van der Waals surface area contributed by atoms with Gasteiger partial charge in [0.05, 0.1) is 0 Å². The first kappa shape index (κ1) is 10.6. The van der Waals surface area contributed by atoms with Gasteiger partial charge in [-0.25, -0.2) is 0 Å². The maximum atomic E-state index is 8.93. The van der Waals surface area contributed by atoms with Crippen molar-refractivity contribution < 1.29 is 29.4 Å². The molecule has 0 atom stereocenters. The molecule has 1 aromatic carbocycles. The number of benzene rings is 1. The van der Waals surface area contributed by atoms with Crippen molar-refractivity contribution >= 4 is 22.8 Å². The molecular weight excluding hydrogens is 337 g/mol. The summed E-state index contributed by atoms with van der Waals surface area (Å²) in [6.45, 7) is 0. The number of rotatable bonds is 3. The first-order chi connectivity index (χ1) is 6.15. The van der Waals surface area contributed by atoms with Crippen molar-refractivity contribution in [2.24, 2.45) is 0 Å². The van der Waals surface area contributed by atoms with E-state index in [1.165, 1.54) is 19.4 Å². The molecule has 0 aliphatic carbocycles. The van der Waals surface area contributed by atoms with E-state index in [-0.39, 0.29) is 0 Å². The Bertz CT molecular complexity index is 306. The summed E-state index contributed by atoms with van der Waals surface area (Å²) in [5.41, 5.74) is 1.47. The van der Waals surface area contributed by atoms with Crippen LogP contribution in [0.15, 0.2) is 24.3 Å². The van der Waals surface area contributed by atoms with E-state index in [4.69, 9.17) is 10.0 Å². The molecule has 0 aromatic heterocycles. The molecule has 2 N–H and O–H groups in total. The van der Waals surface area contributed by atoms with Gasteiger partial charge in [0.1, 0.15) is 0 Å². The number of nitrogens with zero attached hydrogens (tertiary/aromatic N) is 1. The van der Waals surface area contributed by atoms with E-state index in [1.807, 2.05) is 22.5 Å². The monoisotopic (exact) mass is 347 g/mol. The molecule has 0 heterocycles. The minimum atomic E-state index is -1.39. The summed E-state index contributed by atoms with van der Waals surface area (Å²) in [5.74, 6) is 0. The fourth-order valence-electron chi connectivity index (χ4n) is 0.966. The molecule has 0 saturated carbocycles. The first-order valence-corrected chi connectivity index (χ1v) is 5.48. The molecule has 0 saturated heterocycles. The van der Waals surface area contributed by atoms with E-state index >= 15 is 0 Å². The van der Waals surface area contributed by atoms with Crippen LogP contribution in [0.25, 0.3) is 0 Å².